The number of rotatable bonds is 6. The molecule has 0 atom stereocenters. The number of hydrogen-bond acceptors (Lipinski definition) is 5. The van der Waals surface area contributed by atoms with E-state index >= 15 is 0 Å². The predicted molar refractivity (Wildman–Crippen MR) is 76.9 cm³/mol. The zero-order valence-corrected chi connectivity index (χ0v) is 12.7. The van der Waals surface area contributed by atoms with Crippen LogP contribution in [0.4, 0.5) is 0 Å². The molecule has 0 spiro atoms. The van der Waals surface area contributed by atoms with Crippen molar-refractivity contribution in [3.8, 4) is 0 Å². The van der Waals surface area contributed by atoms with Gasteiger partial charge in [0.25, 0.3) is 0 Å². The molecule has 21 heavy (non-hydrogen) atoms. The molecule has 0 radical (unpaired) electrons. The molecule has 1 rings (SSSR count). The number of carbonyl (C=O) groups excluding carboxylic acids is 1. The van der Waals surface area contributed by atoms with Gasteiger partial charge in [-0.25, -0.2) is 9.59 Å². The maximum atomic E-state index is 12.0. The number of ether oxygens (including phenoxy) is 1. The second kappa shape index (κ2) is 6.47. The Morgan fingerprint density at radius 3 is 2.10 bits per heavy atom. The van der Waals surface area contributed by atoms with Gasteiger partial charge in [-0.1, -0.05) is 30.3 Å². The molecule has 1 aromatic carbocycles. The molecule has 0 unspecified atom stereocenters. The van der Waals surface area contributed by atoms with Gasteiger partial charge in [-0.3, -0.25) is 0 Å². The van der Waals surface area contributed by atoms with E-state index in [1.54, 1.807) is 0 Å². The molecular formula is C15H20N2O4. The molecule has 114 valence electrons. The van der Waals surface area contributed by atoms with Gasteiger partial charge in [-0.15, -0.1) is 0 Å². The molecule has 1 N–H and O–H groups in total. The summed E-state index contributed by atoms with van der Waals surface area (Å²) in [6.45, 7) is 6.01. The summed E-state index contributed by atoms with van der Waals surface area (Å²) < 4.78 is 5.18. The SMILES string of the molecule is CC(C)(N=NC(C)(C)C(=O)OCc1ccccc1)C(=O)O. The number of esters is 1. The van der Waals surface area contributed by atoms with Crippen molar-refractivity contribution < 1.29 is 19.4 Å². The van der Waals surface area contributed by atoms with E-state index in [1.165, 1.54) is 27.7 Å². The lowest BCUT2D eigenvalue weighted by molar-refractivity contribution is -0.150. The molecule has 6 nitrogen and oxygen atoms in total. The lowest BCUT2D eigenvalue weighted by Gasteiger charge is -2.19. The van der Waals surface area contributed by atoms with Crippen LogP contribution in [0.15, 0.2) is 40.6 Å². The molecule has 0 saturated carbocycles. The van der Waals surface area contributed by atoms with Gasteiger partial charge in [0.2, 0.25) is 0 Å². The zero-order valence-electron chi connectivity index (χ0n) is 12.7. The van der Waals surface area contributed by atoms with Crippen LogP contribution in [0.5, 0.6) is 0 Å². The number of aliphatic carboxylic acids is 1. The summed E-state index contributed by atoms with van der Waals surface area (Å²) in [6, 6.07) is 9.26. The minimum absolute atomic E-state index is 0.140. The minimum atomic E-state index is -1.38. The smallest absolute Gasteiger partial charge is 0.335 e. The van der Waals surface area contributed by atoms with Crippen molar-refractivity contribution in [2.75, 3.05) is 0 Å². The van der Waals surface area contributed by atoms with Crippen LogP contribution in [0.1, 0.15) is 33.3 Å². The largest absolute Gasteiger partial charge is 0.479 e. The van der Waals surface area contributed by atoms with Gasteiger partial charge in [0.1, 0.15) is 6.61 Å². The van der Waals surface area contributed by atoms with Crippen molar-refractivity contribution in [2.24, 2.45) is 10.2 Å². The van der Waals surface area contributed by atoms with Crippen molar-refractivity contribution in [1.82, 2.24) is 0 Å². The van der Waals surface area contributed by atoms with Gasteiger partial charge < -0.3 is 9.84 Å². The van der Waals surface area contributed by atoms with Crippen molar-refractivity contribution in [1.29, 1.82) is 0 Å². The second-order valence-corrected chi connectivity index (χ2v) is 5.68. The highest BCUT2D eigenvalue weighted by molar-refractivity contribution is 5.80. The fourth-order valence-electron chi connectivity index (χ4n) is 1.23. The third-order valence-electron chi connectivity index (χ3n) is 2.79. The highest BCUT2D eigenvalue weighted by Gasteiger charge is 2.33. The summed E-state index contributed by atoms with van der Waals surface area (Å²) in [5.41, 5.74) is -1.75. The van der Waals surface area contributed by atoms with E-state index in [4.69, 9.17) is 9.84 Å². The monoisotopic (exact) mass is 292 g/mol. The molecule has 1 aromatic rings. The number of hydrogen-bond donors (Lipinski definition) is 1. The summed E-state index contributed by atoms with van der Waals surface area (Å²) in [5.74, 6) is -1.67. The second-order valence-electron chi connectivity index (χ2n) is 5.68. The van der Waals surface area contributed by atoms with Crippen LogP contribution in [-0.2, 0) is 20.9 Å². The van der Waals surface area contributed by atoms with Gasteiger partial charge in [0.15, 0.2) is 11.1 Å². The predicted octanol–water partition coefficient (Wildman–Crippen LogP) is 2.82. The molecule has 0 aromatic heterocycles. The van der Waals surface area contributed by atoms with Crippen LogP contribution in [-0.4, -0.2) is 28.1 Å². The molecule has 0 saturated heterocycles. The van der Waals surface area contributed by atoms with E-state index in [9.17, 15) is 9.59 Å². The van der Waals surface area contributed by atoms with Crippen molar-refractivity contribution in [3.63, 3.8) is 0 Å². The fraction of sp³-hybridized carbons (Fsp3) is 0.467. The Labute approximate surface area is 123 Å². The van der Waals surface area contributed by atoms with E-state index in [1.807, 2.05) is 30.3 Å². The average Bonchev–Trinajstić information content (AvgIpc) is 2.43. The lowest BCUT2D eigenvalue weighted by atomic mass is 10.1. The highest BCUT2D eigenvalue weighted by atomic mass is 16.5. The van der Waals surface area contributed by atoms with Crippen molar-refractivity contribution >= 4 is 11.9 Å². The topological polar surface area (TPSA) is 88.3 Å². The standard InChI is InChI=1S/C15H20N2O4/c1-14(2,12(18)19)16-17-15(3,4)13(20)21-10-11-8-6-5-7-9-11/h5-9H,10H2,1-4H3,(H,18,19). The summed E-state index contributed by atoms with van der Waals surface area (Å²) in [4.78, 5) is 23.0. The number of carboxylic acid groups (broad SMARTS) is 1. The van der Waals surface area contributed by atoms with Crippen LogP contribution < -0.4 is 0 Å². The molecular weight excluding hydrogens is 272 g/mol. The van der Waals surface area contributed by atoms with Gasteiger partial charge in [0, 0.05) is 0 Å². The molecule has 6 heteroatoms. The van der Waals surface area contributed by atoms with E-state index in [-0.39, 0.29) is 6.61 Å². The highest BCUT2D eigenvalue weighted by Crippen LogP contribution is 2.18. The van der Waals surface area contributed by atoms with Crippen LogP contribution in [0, 0.1) is 0 Å². The minimum Gasteiger partial charge on any atom is -0.479 e. The summed E-state index contributed by atoms with van der Waals surface area (Å²) in [6.07, 6.45) is 0. The maximum absolute atomic E-state index is 12.0. The molecule has 0 aliphatic carbocycles. The van der Waals surface area contributed by atoms with Crippen LogP contribution >= 0.6 is 0 Å². The molecule has 0 bridgehead atoms. The van der Waals surface area contributed by atoms with Crippen molar-refractivity contribution in [3.05, 3.63) is 35.9 Å². The first-order valence-corrected chi connectivity index (χ1v) is 6.54. The van der Waals surface area contributed by atoms with Crippen LogP contribution in [0.25, 0.3) is 0 Å². The van der Waals surface area contributed by atoms with Crippen LogP contribution in [0.3, 0.4) is 0 Å². The van der Waals surface area contributed by atoms with E-state index in [0.717, 1.165) is 5.56 Å². The lowest BCUT2D eigenvalue weighted by Crippen LogP contribution is -2.34. The molecule has 0 fully saturated rings. The number of benzene rings is 1. The molecule has 0 aliphatic heterocycles. The molecule has 0 heterocycles. The Hall–Kier alpha value is -2.24. The normalized spacial score (nSPS) is 12.4. The Bertz CT molecular complexity index is 536. The molecule has 0 aliphatic rings. The molecule has 0 amide bonds. The summed E-state index contributed by atoms with van der Waals surface area (Å²) in [5, 5.41) is 16.5. The van der Waals surface area contributed by atoms with Gasteiger partial charge in [-0.05, 0) is 33.3 Å². The Kier molecular flexibility index (Phi) is 5.18. The number of azo groups is 1. The Balaban J connectivity index is 2.67. The maximum Gasteiger partial charge on any atom is 0.335 e. The zero-order chi connectivity index (χ0) is 16.1. The van der Waals surface area contributed by atoms with Gasteiger partial charge >= 0.3 is 11.9 Å². The average molecular weight is 292 g/mol. The number of carboxylic acids is 1. The van der Waals surface area contributed by atoms with Crippen molar-refractivity contribution in [2.45, 2.75) is 45.4 Å². The third kappa shape index (κ3) is 4.98. The van der Waals surface area contributed by atoms with Crippen LogP contribution in [0.2, 0.25) is 0 Å². The Morgan fingerprint density at radius 2 is 1.57 bits per heavy atom. The first-order chi connectivity index (χ1) is 9.65. The van der Waals surface area contributed by atoms with Gasteiger partial charge in [-0.2, -0.15) is 10.2 Å². The van der Waals surface area contributed by atoms with E-state index in [2.05, 4.69) is 10.2 Å². The third-order valence-corrected chi connectivity index (χ3v) is 2.79. The Morgan fingerprint density at radius 1 is 1.05 bits per heavy atom. The fourth-order valence-corrected chi connectivity index (χ4v) is 1.23. The summed E-state index contributed by atoms with van der Waals surface area (Å²) in [7, 11) is 0. The number of carbonyl (C=O) groups is 2. The van der Waals surface area contributed by atoms with Gasteiger partial charge in [0.05, 0.1) is 0 Å². The first kappa shape index (κ1) is 16.8. The van der Waals surface area contributed by atoms with E-state index in [0.29, 0.717) is 0 Å². The number of nitrogens with zero attached hydrogens (tertiary/aromatic N) is 2. The summed E-state index contributed by atoms with van der Waals surface area (Å²) >= 11 is 0. The van der Waals surface area contributed by atoms with E-state index < -0.39 is 23.0 Å². The first-order valence-electron chi connectivity index (χ1n) is 6.54. The quantitative estimate of drug-likeness (QED) is 0.645.